The van der Waals surface area contributed by atoms with Crippen LogP contribution in [0, 0.1) is 0 Å². The maximum Gasteiger partial charge on any atom is 0.406 e. The zero-order valence-electron chi connectivity index (χ0n) is 3.97. The number of carbonyl (C=O) groups is 2. The van der Waals surface area contributed by atoms with E-state index in [0.29, 0.717) is 0 Å². The number of carbonyl (C=O) groups excluding carboxylic acids is 2. The van der Waals surface area contributed by atoms with E-state index in [4.69, 9.17) is 4.55 Å². The molecule has 0 amide bonds. The molecule has 0 heterocycles. The summed E-state index contributed by atoms with van der Waals surface area (Å²) >= 11 is -2.69. The molecule has 0 radical (unpaired) electrons. The standard InChI is InChI=1S/C2H2O6S/c3-1-2(4)7-8-9(5)6/h1H,(H,5,6). The fourth-order valence-electron chi connectivity index (χ4n) is 0.0823. The van der Waals surface area contributed by atoms with E-state index in [-0.39, 0.29) is 6.29 Å². The molecule has 0 aliphatic carbocycles. The Kier molecular flexibility index (Phi) is 3.76. The first-order valence-corrected chi connectivity index (χ1v) is 2.65. The Hall–Kier alpha value is -0.790. The second-order valence-corrected chi connectivity index (χ2v) is 1.38. The number of rotatable bonds is 3. The van der Waals surface area contributed by atoms with Gasteiger partial charge in [-0.3, -0.25) is 14.2 Å². The van der Waals surface area contributed by atoms with Crippen LogP contribution in [-0.2, 0) is 30.2 Å². The normalized spacial score (nSPS) is 12.1. The minimum atomic E-state index is -2.69. The summed E-state index contributed by atoms with van der Waals surface area (Å²) in [5.74, 6) is -1.36. The van der Waals surface area contributed by atoms with Gasteiger partial charge in [0.25, 0.3) is 0 Å². The lowest BCUT2D eigenvalue weighted by Gasteiger charge is -1.89. The van der Waals surface area contributed by atoms with Crippen LogP contribution in [-0.4, -0.2) is 21.0 Å². The largest absolute Gasteiger partial charge is 0.406 e. The number of hydrogen-bond acceptors (Lipinski definition) is 5. The van der Waals surface area contributed by atoms with Gasteiger partial charge in [0.15, 0.2) is 0 Å². The first-order valence-electron chi connectivity index (χ1n) is 1.62. The fraction of sp³-hybridized carbons (Fsp3) is 0. The average molecular weight is 154 g/mol. The van der Waals surface area contributed by atoms with Crippen molar-refractivity contribution in [2.75, 3.05) is 0 Å². The Morgan fingerprint density at radius 1 is 1.67 bits per heavy atom. The van der Waals surface area contributed by atoms with Gasteiger partial charge in [-0.1, -0.05) is 0 Å². The lowest BCUT2D eigenvalue weighted by molar-refractivity contribution is -0.208. The van der Waals surface area contributed by atoms with Crippen molar-refractivity contribution in [3.63, 3.8) is 0 Å². The van der Waals surface area contributed by atoms with Crippen molar-refractivity contribution < 1.29 is 27.6 Å². The van der Waals surface area contributed by atoms with Crippen LogP contribution < -0.4 is 0 Å². The van der Waals surface area contributed by atoms with Crippen molar-refractivity contribution in [1.82, 2.24) is 0 Å². The minimum absolute atomic E-state index is 0.202. The summed E-state index contributed by atoms with van der Waals surface area (Å²) in [5.41, 5.74) is 0. The molecular weight excluding hydrogens is 152 g/mol. The van der Waals surface area contributed by atoms with Crippen molar-refractivity contribution in [1.29, 1.82) is 0 Å². The van der Waals surface area contributed by atoms with Gasteiger partial charge < -0.3 is 0 Å². The molecule has 52 valence electrons. The van der Waals surface area contributed by atoms with Crippen LogP contribution in [0.1, 0.15) is 0 Å². The monoisotopic (exact) mass is 154 g/mol. The van der Waals surface area contributed by atoms with E-state index < -0.39 is 17.3 Å². The van der Waals surface area contributed by atoms with Crippen LogP contribution in [0.4, 0.5) is 0 Å². The molecule has 0 aromatic carbocycles. The van der Waals surface area contributed by atoms with Crippen molar-refractivity contribution >= 4 is 23.6 Å². The summed E-state index contributed by atoms with van der Waals surface area (Å²) in [6.07, 6.45) is -0.202. The van der Waals surface area contributed by atoms with Crippen molar-refractivity contribution in [2.24, 2.45) is 0 Å². The summed E-state index contributed by atoms with van der Waals surface area (Å²) in [6.45, 7) is 0. The highest BCUT2D eigenvalue weighted by molar-refractivity contribution is 7.74. The van der Waals surface area contributed by atoms with Gasteiger partial charge in [-0.2, -0.15) is 4.21 Å². The SMILES string of the molecule is O=CC(=O)OOS(=O)O. The van der Waals surface area contributed by atoms with Gasteiger partial charge in [0.05, 0.1) is 0 Å². The Labute approximate surface area is 52.2 Å². The molecule has 6 nitrogen and oxygen atoms in total. The molecule has 0 rings (SSSR count). The number of aldehydes is 1. The van der Waals surface area contributed by atoms with E-state index in [1.54, 1.807) is 0 Å². The van der Waals surface area contributed by atoms with E-state index in [1.807, 2.05) is 0 Å². The Morgan fingerprint density at radius 2 is 2.22 bits per heavy atom. The van der Waals surface area contributed by atoms with E-state index in [1.165, 1.54) is 0 Å². The molecule has 0 spiro atoms. The maximum absolute atomic E-state index is 9.76. The van der Waals surface area contributed by atoms with E-state index >= 15 is 0 Å². The lowest BCUT2D eigenvalue weighted by Crippen LogP contribution is -2.07. The molecule has 0 saturated carbocycles. The van der Waals surface area contributed by atoms with Crippen LogP contribution in [0.3, 0.4) is 0 Å². The van der Waals surface area contributed by atoms with E-state index in [0.717, 1.165) is 0 Å². The summed E-state index contributed by atoms with van der Waals surface area (Å²) < 4.78 is 20.6. The van der Waals surface area contributed by atoms with Gasteiger partial charge in [-0.25, -0.2) is 4.79 Å². The third-order valence-electron chi connectivity index (χ3n) is 0.271. The predicted octanol–water partition coefficient (Wildman–Crippen LogP) is -1.20. The molecule has 0 saturated heterocycles. The molecule has 1 N–H and O–H groups in total. The zero-order chi connectivity index (χ0) is 7.28. The fourth-order valence-corrected chi connectivity index (χ4v) is 0.208. The highest BCUT2D eigenvalue weighted by Gasteiger charge is 2.01. The van der Waals surface area contributed by atoms with Gasteiger partial charge >= 0.3 is 17.3 Å². The molecule has 0 aromatic heterocycles. The molecule has 1 atom stereocenters. The second kappa shape index (κ2) is 4.13. The Morgan fingerprint density at radius 3 is 2.56 bits per heavy atom. The summed E-state index contributed by atoms with van der Waals surface area (Å²) in [5, 5.41) is 0. The lowest BCUT2D eigenvalue weighted by atomic mass is 10.8. The third kappa shape index (κ3) is 5.07. The Bertz CT molecular complexity index is 140. The quantitative estimate of drug-likeness (QED) is 0.180. The third-order valence-corrected chi connectivity index (χ3v) is 0.455. The van der Waals surface area contributed by atoms with Gasteiger partial charge in [0.2, 0.25) is 6.29 Å². The molecule has 0 aromatic rings. The van der Waals surface area contributed by atoms with Gasteiger partial charge in [-0.15, -0.1) is 0 Å². The molecule has 0 fully saturated rings. The van der Waals surface area contributed by atoms with Crippen LogP contribution in [0.25, 0.3) is 0 Å². The molecule has 1 unspecified atom stereocenters. The van der Waals surface area contributed by atoms with Crippen molar-refractivity contribution in [2.45, 2.75) is 0 Å². The molecule has 9 heavy (non-hydrogen) atoms. The average Bonchev–Trinajstić information content (AvgIpc) is 1.83. The molecule has 0 aliphatic heterocycles. The molecular formula is C2H2O6S. The second-order valence-electron chi connectivity index (χ2n) is 0.805. The zero-order valence-corrected chi connectivity index (χ0v) is 4.79. The molecule has 0 aliphatic rings. The van der Waals surface area contributed by atoms with Crippen molar-refractivity contribution in [3.05, 3.63) is 0 Å². The maximum atomic E-state index is 9.76. The predicted molar refractivity (Wildman–Crippen MR) is 24.0 cm³/mol. The summed E-state index contributed by atoms with van der Waals surface area (Å²) in [6, 6.07) is 0. The minimum Gasteiger partial charge on any atom is -0.290 e. The smallest absolute Gasteiger partial charge is 0.290 e. The van der Waals surface area contributed by atoms with Gasteiger partial charge in [0.1, 0.15) is 0 Å². The molecule has 7 heteroatoms. The van der Waals surface area contributed by atoms with Crippen LogP contribution in [0.15, 0.2) is 0 Å². The van der Waals surface area contributed by atoms with Crippen LogP contribution in [0.2, 0.25) is 0 Å². The summed E-state index contributed by atoms with van der Waals surface area (Å²) in [7, 11) is 0. The van der Waals surface area contributed by atoms with Gasteiger partial charge in [-0.05, 0) is 4.33 Å². The van der Waals surface area contributed by atoms with Crippen LogP contribution in [0.5, 0.6) is 0 Å². The first-order chi connectivity index (χ1) is 4.16. The highest BCUT2D eigenvalue weighted by atomic mass is 32.2. The topological polar surface area (TPSA) is 89.9 Å². The molecule has 0 bridgehead atoms. The van der Waals surface area contributed by atoms with Crippen LogP contribution >= 0.6 is 0 Å². The highest BCUT2D eigenvalue weighted by Crippen LogP contribution is 1.80. The van der Waals surface area contributed by atoms with E-state index in [2.05, 4.69) is 9.22 Å². The van der Waals surface area contributed by atoms with E-state index in [9.17, 15) is 13.8 Å². The summed E-state index contributed by atoms with van der Waals surface area (Å²) in [4.78, 5) is 22.5. The van der Waals surface area contributed by atoms with Gasteiger partial charge in [0, 0.05) is 0 Å². The number of hydrogen-bond donors (Lipinski definition) is 1. The first kappa shape index (κ1) is 8.21. The van der Waals surface area contributed by atoms with Crippen molar-refractivity contribution in [3.8, 4) is 0 Å². The Balaban J connectivity index is 3.39.